The highest BCUT2D eigenvalue weighted by atomic mass is 16.5. The van der Waals surface area contributed by atoms with Crippen LogP contribution in [0, 0.1) is 17.8 Å². The predicted octanol–water partition coefficient (Wildman–Crippen LogP) is 1.14. The van der Waals surface area contributed by atoms with Crippen LogP contribution in [0.5, 0.6) is 0 Å². The number of rotatable bonds is 2. The first kappa shape index (κ1) is 12.1. The van der Waals surface area contributed by atoms with E-state index >= 15 is 0 Å². The standard InChI is InChI=1S/C13H21B2NO/c14-13(15,12-4-6-17-7-5-12)16-8-10-2-1-3-11(10)9-16/h10-12H,1-9H2/t10-,11+. The minimum Gasteiger partial charge on any atom is -0.381 e. The van der Waals surface area contributed by atoms with Gasteiger partial charge in [0.2, 0.25) is 0 Å². The molecule has 90 valence electrons. The molecule has 3 aliphatic rings. The summed E-state index contributed by atoms with van der Waals surface area (Å²) in [7, 11) is 12.9. The van der Waals surface area contributed by atoms with E-state index in [0.29, 0.717) is 5.92 Å². The van der Waals surface area contributed by atoms with E-state index in [0.717, 1.165) is 51.0 Å². The van der Waals surface area contributed by atoms with Crippen molar-refractivity contribution in [3.05, 3.63) is 0 Å². The van der Waals surface area contributed by atoms with Crippen molar-refractivity contribution in [1.82, 2.24) is 4.90 Å². The lowest BCUT2D eigenvalue weighted by Gasteiger charge is -2.45. The van der Waals surface area contributed by atoms with Gasteiger partial charge in [-0.3, -0.25) is 0 Å². The Bertz CT molecular complexity index is 267. The monoisotopic (exact) mass is 229 g/mol. The maximum Gasteiger partial charge on any atom is 0.0828 e. The van der Waals surface area contributed by atoms with Gasteiger partial charge in [0.25, 0.3) is 0 Å². The highest BCUT2D eigenvalue weighted by molar-refractivity contribution is 6.40. The molecule has 1 aliphatic carbocycles. The zero-order chi connectivity index (χ0) is 11.9. The number of ether oxygens (including phenoxy) is 1. The molecule has 4 heteroatoms. The van der Waals surface area contributed by atoms with Crippen molar-refractivity contribution in [1.29, 1.82) is 0 Å². The third kappa shape index (κ3) is 2.19. The summed E-state index contributed by atoms with van der Waals surface area (Å²) in [5.41, 5.74) is 0. The maximum atomic E-state index is 6.45. The molecule has 0 spiro atoms. The van der Waals surface area contributed by atoms with Gasteiger partial charge in [-0.05, 0) is 43.4 Å². The molecule has 2 atom stereocenters. The van der Waals surface area contributed by atoms with Gasteiger partial charge in [0.15, 0.2) is 0 Å². The minimum absolute atomic E-state index is 0.398. The van der Waals surface area contributed by atoms with Gasteiger partial charge in [0, 0.05) is 26.3 Å². The molecule has 0 N–H and O–H groups in total. The first-order valence-electron chi connectivity index (χ1n) is 7.08. The van der Waals surface area contributed by atoms with Crippen LogP contribution in [0.25, 0.3) is 0 Å². The highest BCUT2D eigenvalue weighted by Crippen LogP contribution is 2.41. The Balaban J connectivity index is 1.66. The molecule has 0 aromatic carbocycles. The van der Waals surface area contributed by atoms with Crippen molar-refractivity contribution < 1.29 is 4.74 Å². The number of hydrogen-bond acceptors (Lipinski definition) is 2. The number of fused-ring (bicyclic) bond motifs is 1. The zero-order valence-electron chi connectivity index (χ0n) is 10.6. The Morgan fingerprint density at radius 1 is 0.941 bits per heavy atom. The third-order valence-corrected chi connectivity index (χ3v) is 5.15. The van der Waals surface area contributed by atoms with Gasteiger partial charge in [-0.1, -0.05) is 11.8 Å². The molecule has 17 heavy (non-hydrogen) atoms. The Labute approximate surface area is 107 Å². The van der Waals surface area contributed by atoms with E-state index in [1.165, 1.54) is 19.3 Å². The number of nitrogens with zero attached hydrogens (tertiary/aromatic N) is 1. The molecule has 3 fully saturated rings. The minimum atomic E-state index is -0.603. The van der Waals surface area contributed by atoms with E-state index < -0.39 is 5.34 Å². The molecule has 4 radical (unpaired) electrons. The van der Waals surface area contributed by atoms with E-state index in [9.17, 15) is 0 Å². The van der Waals surface area contributed by atoms with Crippen LogP contribution >= 0.6 is 0 Å². The quantitative estimate of drug-likeness (QED) is 0.658. The Kier molecular flexibility index (Phi) is 3.29. The van der Waals surface area contributed by atoms with Crippen molar-refractivity contribution in [2.45, 2.75) is 37.4 Å². The fourth-order valence-electron chi connectivity index (χ4n) is 3.97. The SMILES string of the molecule is [B]C([B])(C1CCOCC1)N1C[C@H]2CCC[C@H]2C1. The lowest BCUT2D eigenvalue weighted by molar-refractivity contribution is 0.0375. The molecular weight excluding hydrogens is 208 g/mol. The first-order chi connectivity index (χ1) is 8.18. The molecule has 0 aromatic rings. The lowest BCUT2D eigenvalue weighted by Crippen LogP contribution is -2.55. The second-order valence-corrected chi connectivity index (χ2v) is 6.13. The van der Waals surface area contributed by atoms with Crippen LogP contribution in [0.3, 0.4) is 0 Å². The summed E-state index contributed by atoms with van der Waals surface area (Å²) in [6, 6.07) is 0. The van der Waals surface area contributed by atoms with Crippen LogP contribution in [0.4, 0.5) is 0 Å². The largest absolute Gasteiger partial charge is 0.381 e. The summed E-state index contributed by atoms with van der Waals surface area (Å²) in [6.07, 6.45) is 6.19. The summed E-state index contributed by atoms with van der Waals surface area (Å²) in [5, 5.41) is -0.603. The van der Waals surface area contributed by atoms with E-state index in [1.54, 1.807) is 0 Å². The summed E-state index contributed by atoms with van der Waals surface area (Å²) in [5.74, 6) is 2.12. The number of hydrogen-bond donors (Lipinski definition) is 0. The van der Waals surface area contributed by atoms with Gasteiger partial charge >= 0.3 is 0 Å². The Morgan fingerprint density at radius 2 is 1.53 bits per heavy atom. The van der Waals surface area contributed by atoms with Crippen LogP contribution in [-0.2, 0) is 4.74 Å². The topological polar surface area (TPSA) is 12.5 Å². The molecular formula is C13H21B2NO. The molecule has 0 unspecified atom stereocenters. The predicted molar refractivity (Wildman–Crippen MR) is 70.2 cm³/mol. The smallest absolute Gasteiger partial charge is 0.0828 e. The summed E-state index contributed by atoms with van der Waals surface area (Å²) >= 11 is 0. The fraction of sp³-hybridized carbons (Fsp3) is 1.00. The molecule has 2 saturated heterocycles. The maximum absolute atomic E-state index is 6.45. The second-order valence-electron chi connectivity index (χ2n) is 6.13. The van der Waals surface area contributed by atoms with Crippen molar-refractivity contribution in [3.8, 4) is 0 Å². The summed E-state index contributed by atoms with van der Waals surface area (Å²) in [6.45, 7) is 3.88. The average Bonchev–Trinajstić information content (AvgIpc) is 2.90. The van der Waals surface area contributed by atoms with E-state index in [4.69, 9.17) is 20.4 Å². The molecule has 0 aromatic heterocycles. The highest BCUT2D eigenvalue weighted by Gasteiger charge is 2.43. The van der Waals surface area contributed by atoms with Gasteiger partial charge in [0.1, 0.15) is 0 Å². The molecule has 2 aliphatic heterocycles. The molecule has 0 amide bonds. The van der Waals surface area contributed by atoms with Crippen LogP contribution in [0.1, 0.15) is 32.1 Å². The Morgan fingerprint density at radius 3 is 2.12 bits per heavy atom. The normalized spacial score (nSPS) is 36.2. The summed E-state index contributed by atoms with van der Waals surface area (Å²) < 4.78 is 5.40. The van der Waals surface area contributed by atoms with Crippen molar-refractivity contribution >= 4 is 15.7 Å². The molecule has 2 nitrogen and oxygen atoms in total. The van der Waals surface area contributed by atoms with Gasteiger partial charge < -0.3 is 9.64 Å². The first-order valence-corrected chi connectivity index (χ1v) is 7.08. The number of likely N-dealkylation sites (tertiary alicyclic amines) is 1. The fourth-order valence-corrected chi connectivity index (χ4v) is 3.97. The van der Waals surface area contributed by atoms with Crippen LogP contribution in [0.2, 0.25) is 0 Å². The van der Waals surface area contributed by atoms with Crippen LogP contribution in [0.15, 0.2) is 0 Å². The van der Waals surface area contributed by atoms with E-state index in [1.807, 2.05) is 0 Å². The van der Waals surface area contributed by atoms with Crippen LogP contribution < -0.4 is 0 Å². The second kappa shape index (κ2) is 4.62. The van der Waals surface area contributed by atoms with E-state index in [2.05, 4.69) is 4.90 Å². The zero-order valence-corrected chi connectivity index (χ0v) is 10.6. The Hall–Kier alpha value is 0.0499. The lowest BCUT2D eigenvalue weighted by atomic mass is 9.52. The van der Waals surface area contributed by atoms with Gasteiger partial charge in [-0.15, -0.1) is 0 Å². The van der Waals surface area contributed by atoms with Crippen molar-refractivity contribution in [2.75, 3.05) is 26.3 Å². The van der Waals surface area contributed by atoms with E-state index in [-0.39, 0.29) is 0 Å². The molecule has 0 bridgehead atoms. The third-order valence-electron chi connectivity index (χ3n) is 5.15. The van der Waals surface area contributed by atoms with Gasteiger partial charge in [-0.25, -0.2) is 0 Å². The molecule has 3 rings (SSSR count). The van der Waals surface area contributed by atoms with Crippen molar-refractivity contribution in [3.63, 3.8) is 0 Å². The van der Waals surface area contributed by atoms with Crippen molar-refractivity contribution in [2.24, 2.45) is 17.8 Å². The molecule has 2 heterocycles. The van der Waals surface area contributed by atoms with Gasteiger partial charge in [-0.2, -0.15) is 0 Å². The average molecular weight is 229 g/mol. The molecule has 1 saturated carbocycles. The van der Waals surface area contributed by atoms with Crippen LogP contribution in [-0.4, -0.2) is 52.2 Å². The van der Waals surface area contributed by atoms with Gasteiger partial charge in [0.05, 0.1) is 15.7 Å². The summed E-state index contributed by atoms with van der Waals surface area (Å²) in [4.78, 5) is 2.36.